The van der Waals surface area contributed by atoms with Gasteiger partial charge in [0.15, 0.2) is 6.29 Å². The van der Waals surface area contributed by atoms with Gasteiger partial charge in [0, 0.05) is 24.0 Å². The van der Waals surface area contributed by atoms with Crippen LogP contribution in [0.5, 0.6) is 0 Å². The van der Waals surface area contributed by atoms with E-state index >= 15 is 0 Å². The van der Waals surface area contributed by atoms with Crippen molar-refractivity contribution in [2.75, 3.05) is 26.3 Å². The van der Waals surface area contributed by atoms with Gasteiger partial charge in [-0.25, -0.2) is 8.42 Å². The number of benzene rings is 1. The van der Waals surface area contributed by atoms with Gasteiger partial charge in [-0.1, -0.05) is 11.6 Å². The number of rotatable bonds is 5. The zero-order valence-corrected chi connectivity index (χ0v) is 16.1. The van der Waals surface area contributed by atoms with Crippen LogP contribution in [0.1, 0.15) is 19.8 Å². The molecule has 26 heavy (non-hydrogen) atoms. The summed E-state index contributed by atoms with van der Waals surface area (Å²) in [6, 6.07) is 4.96. The molecule has 0 aliphatic carbocycles. The summed E-state index contributed by atoms with van der Waals surface area (Å²) in [6.07, 6.45) is 1.50. The van der Waals surface area contributed by atoms with Gasteiger partial charge in [0.2, 0.25) is 15.9 Å². The van der Waals surface area contributed by atoms with E-state index in [0.29, 0.717) is 31.3 Å². The quantitative estimate of drug-likeness (QED) is 0.808. The molecule has 1 unspecified atom stereocenters. The maximum atomic E-state index is 12.7. The fraction of sp³-hybridized carbons (Fsp3) is 0.588. The van der Waals surface area contributed by atoms with E-state index in [1.165, 1.54) is 24.3 Å². The van der Waals surface area contributed by atoms with E-state index in [4.69, 9.17) is 21.1 Å². The van der Waals surface area contributed by atoms with E-state index in [0.717, 1.165) is 12.8 Å². The highest BCUT2D eigenvalue weighted by Gasteiger charge is 2.34. The minimum Gasteiger partial charge on any atom is -0.350 e. The molecule has 2 aliphatic heterocycles. The van der Waals surface area contributed by atoms with Crippen molar-refractivity contribution in [2.45, 2.75) is 37.0 Å². The molecule has 0 spiro atoms. The van der Waals surface area contributed by atoms with Crippen LogP contribution in [0.15, 0.2) is 29.2 Å². The van der Waals surface area contributed by atoms with Gasteiger partial charge in [0.1, 0.15) is 0 Å². The molecular formula is C17H23ClN2O5S. The second-order valence-electron chi connectivity index (χ2n) is 6.59. The van der Waals surface area contributed by atoms with Crippen molar-refractivity contribution in [3.05, 3.63) is 29.3 Å². The Morgan fingerprint density at radius 1 is 1.27 bits per heavy atom. The lowest BCUT2D eigenvalue weighted by atomic mass is 9.97. The van der Waals surface area contributed by atoms with Gasteiger partial charge in [0.25, 0.3) is 0 Å². The number of hydrogen-bond donors (Lipinski definition) is 1. The van der Waals surface area contributed by atoms with Gasteiger partial charge in [-0.2, -0.15) is 4.72 Å². The van der Waals surface area contributed by atoms with Crippen LogP contribution in [-0.4, -0.2) is 57.9 Å². The third-order valence-corrected chi connectivity index (χ3v) is 6.44. The molecule has 1 aromatic rings. The smallest absolute Gasteiger partial charge is 0.241 e. The number of piperidine rings is 1. The minimum absolute atomic E-state index is 0.0748. The van der Waals surface area contributed by atoms with E-state index in [1.54, 1.807) is 11.8 Å². The normalized spacial score (nSPS) is 23.2. The Bertz CT molecular complexity index is 734. The van der Waals surface area contributed by atoms with Crippen molar-refractivity contribution in [2.24, 2.45) is 5.92 Å². The number of nitrogens with zero attached hydrogens (tertiary/aromatic N) is 1. The van der Waals surface area contributed by atoms with Crippen molar-refractivity contribution in [3.63, 3.8) is 0 Å². The number of nitrogens with one attached hydrogen (secondary N) is 1. The van der Waals surface area contributed by atoms with E-state index < -0.39 is 16.1 Å². The third kappa shape index (κ3) is 4.55. The molecule has 3 rings (SSSR count). The average Bonchev–Trinajstić information content (AvgIpc) is 3.16. The Kier molecular flexibility index (Phi) is 6.19. The molecule has 2 heterocycles. The van der Waals surface area contributed by atoms with Crippen LogP contribution in [0, 0.1) is 5.92 Å². The largest absolute Gasteiger partial charge is 0.350 e. The first-order valence-corrected chi connectivity index (χ1v) is 10.5. The molecule has 7 nitrogen and oxygen atoms in total. The highest BCUT2D eigenvalue weighted by molar-refractivity contribution is 7.89. The summed E-state index contributed by atoms with van der Waals surface area (Å²) in [5, 5.41) is 0.448. The minimum atomic E-state index is -3.79. The van der Waals surface area contributed by atoms with E-state index in [1.807, 2.05) is 0 Å². The van der Waals surface area contributed by atoms with Crippen LogP contribution in [-0.2, 0) is 24.3 Å². The maximum absolute atomic E-state index is 12.7. The van der Waals surface area contributed by atoms with E-state index in [-0.39, 0.29) is 23.0 Å². The van der Waals surface area contributed by atoms with Gasteiger partial charge in [-0.3, -0.25) is 4.79 Å². The molecular weight excluding hydrogens is 380 g/mol. The second kappa shape index (κ2) is 8.22. The number of carbonyl (C=O) groups excluding carboxylic acids is 1. The lowest BCUT2D eigenvalue weighted by Crippen LogP contribution is -2.51. The predicted molar refractivity (Wildman–Crippen MR) is 96.2 cm³/mol. The number of likely N-dealkylation sites (tertiary alicyclic amines) is 1. The Morgan fingerprint density at radius 3 is 2.58 bits per heavy atom. The Balaban J connectivity index is 1.62. The molecule has 0 aromatic heterocycles. The third-order valence-electron chi connectivity index (χ3n) is 4.63. The summed E-state index contributed by atoms with van der Waals surface area (Å²) in [7, 11) is -3.79. The zero-order valence-electron chi connectivity index (χ0n) is 14.6. The monoisotopic (exact) mass is 402 g/mol. The number of amides is 1. The molecule has 2 saturated heterocycles. The first-order valence-electron chi connectivity index (χ1n) is 8.67. The van der Waals surface area contributed by atoms with Gasteiger partial charge in [0.05, 0.1) is 24.2 Å². The molecule has 2 atom stereocenters. The van der Waals surface area contributed by atoms with E-state index in [2.05, 4.69) is 4.72 Å². The molecule has 0 saturated carbocycles. The molecule has 9 heteroatoms. The number of ether oxygens (including phenoxy) is 2. The lowest BCUT2D eigenvalue weighted by Gasteiger charge is -2.36. The standard InChI is InChI=1S/C17H23ClN2O5S/c1-12(19-26(22,23)15-6-4-14(18)5-7-15)16(21)20-8-2-3-13(11-20)17-24-9-10-25-17/h4-7,12-13,17,19H,2-3,8-11H2,1H3/t12-,13?/m0/s1. The van der Waals surface area contributed by atoms with Crippen LogP contribution < -0.4 is 4.72 Å². The van der Waals surface area contributed by atoms with Gasteiger partial charge >= 0.3 is 0 Å². The van der Waals surface area contributed by atoms with Crippen molar-refractivity contribution >= 4 is 27.5 Å². The van der Waals surface area contributed by atoms with E-state index in [9.17, 15) is 13.2 Å². The molecule has 0 radical (unpaired) electrons. The summed E-state index contributed by atoms with van der Waals surface area (Å²) < 4.78 is 38.4. The SMILES string of the molecule is C[C@H](NS(=O)(=O)c1ccc(Cl)cc1)C(=O)N1CCCC(C2OCCO2)C1. The number of hydrogen-bond acceptors (Lipinski definition) is 5. The average molecular weight is 403 g/mol. The second-order valence-corrected chi connectivity index (χ2v) is 8.74. The number of carbonyl (C=O) groups is 1. The molecule has 2 fully saturated rings. The Labute approximate surface area is 158 Å². The summed E-state index contributed by atoms with van der Waals surface area (Å²) in [5.74, 6) is -0.125. The van der Waals surface area contributed by atoms with Crippen molar-refractivity contribution in [1.82, 2.24) is 9.62 Å². The summed E-state index contributed by atoms with van der Waals surface area (Å²) >= 11 is 5.79. The van der Waals surface area contributed by atoms with Gasteiger partial charge < -0.3 is 14.4 Å². The zero-order chi connectivity index (χ0) is 18.7. The highest BCUT2D eigenvalue weighted by Crippen LogP contribution is 2.25. The van der Waals surface area contributed by atoms with Crippen LogP contribution in [0.4, 0.5) is 0 Å². The Hall–Kier alpha value is -1.19. The number of halogens is 1. The fourth-order valence-electron chi connectivity index (χ4n) is 3.32. The first kappa shape index (κ1) is 19.6. The van der Waals surface area contributed by atoms with Crippen LogP contribution in [0.3, 0.4) is 0 Å². The summed E-state index contributed by atoms with van der Waals surface area (Å²) in [4.78, 5) is 14.5. The predicted octanol–water partition coefficient (Wildman–Crippen LogP) is 1.62. The van der Waals surface area contributed by atoms with Gasteiger partial charge in [-0.15, -0.1) is 0 Å². The molecule has 1 N–H and O–H groups in total. The van der Waals surface area contributed by atoms with Crippen molar-refractivity contribution in [1.29, 1.82) is 0 Å². The summed E-state index contributed by atoms with van der Waals surface area (Å²) in [6.45, 7) is 3.83. The van der Waals surface area contributed by atoms with Crippen LogP contribution >= 0.6 is 11.6 Å². The topological polar surface area (TPSA) is 84.9 Å². The first-order chi connectivity index (χ1) is 12.4. The molecule has 0 bridgehead atoms. The fourth-order valence-corrected chi connectivity index (χ4v) is 4.64. The highest BCUT2D eigenvalue weighted by atomic mass is 35.5. The van der Waals surface area contributed by atoms with Crippen LogP contribution in [0.25, 0.3) is 0 Å². The maximum Gasteiger partial charge on any atom is 0.241 e. The lowest BCUT2D eigenvalue weighted by molar-refractivity contribution is -0.140. The number of sulfonamides is 1. The Morgan fingerprint density at radius 2 is 1.92 bits per heavy atom. The van der Waals surface area contributed by atoms with Crippen molar-refractivity contribution < 1.29 is 22.7 Å². The molecule has 144 valence electrons. The van der Waals surface area contributed by atoms with Gasteiger partial charge in [-0.05, 0) is 44.0 Å². The van der Waals surface area contributed by atoms with Crippen molar-refractivity contribution in [3.8, 4) is 0 Å². The molecule has 2 aliphatic rings. The summed E-state index contributed by atoms with van der Waals surface area (Å²) in [5.41, 5.74) is 0. The molecule has 1 aromatic carbocycles. The molecule has 1 amide bonds. The van der Waals surface area contributed by atoms with Crippen LogP contribution in [0.2, 0.25) is 5.02 Å².